The summed E-state index contributed by atoms with van der Waals surface area (Å²) < 4.78 is 39.5. The third-order valence-corrected chi connectivity index (χ3v) is 5.50. The van der Waals surface area contributed by atoms with Gasteiger partial charge in [-0.1, -0.05) is 0 Å². The molecule has 0 unspecified atom stereocenters. The number of nitrogens with one attached hydrogen (secondary N) is 2. The smallest absolute Gasteiger partial charge is 0.243 e. The van der Waals surface area contributed by atoms with Gasteiger partial charge in [-0.3, -0.25) is 14.4 Å². The molecule has 29 heavy (non-hydrogen) atoms. The molecule has 0 bridgehead atoms. The van der Waals surface area contributed by atoms with Gasteiger partial charge in [0.25, 0.3) is 0 Å². The fourth-order valence-corrected chi connectivity index (χ4v) is 3.81. The quantitative estimate of drug-likeness (QED) is 0.699. The molecule has 0 aliphatic carbocycles. The average Bonchev–Trinajstić information content (AvgIpc) is 3.18. The van der Waals surface area contributed by atoms with Crippen molar-refractivity contribution in [3.05, 3.63) is 51.5 Å². The first-order valence-electron chi connectivity index (χ1n) is 8.88. The summed E-state index contributed by atoms with van der Waals surface area (Å²) in [5.74, 6) is -6.07. The van der Waals surface area contributed by atoms with E-state index >= 15 is 0 Å². The van der Waals surface area contributed by atoms with Crippen molar-refractivity contribution in [3.63, 3.8) is 0 Å². The standard InChI is InChI=1S/C19H18F3N3O3S/c20-12-1-2-13(19(22)18(12)21)24-16(27)9-23-15(26)3-4-17(28)25-7-5-14-11(10-25)6-8-29-14/h1-2,6,8H,3-5,7,9-10H2,(H,23,26)(H,24,27). The van der Waals surface area contributed by atoms with Gasteiger partial charge < -0.3 is 15.5 Å². The third kappa shape index (κ3) is 5.14. The lowest BCUT2D eigenvalue weighted by molar-refractivity contribution is -0.134. The van der Waals surface area contributed by atoms with Crippen molar-refractivity contribution < 1.29 is 27.6 Å². The van der Waals surface area contributed by atoms with E-state index in [-0.39, 0.29) is 18.7 Å². The Labute approximate surface area is 168 Å². The van der Waals surface area contributed by atoms with E-state index in [1.54, 1.807) is 16.2 Å². The first-order valence-corrected chi connectivity index (χ1v) is 9.76. The lowest BCUT2D eigenvalue weighted by atomic mass is 10.1. The Bertz CT molecular complexity index is 948. The monoisotopic (exact) mass is 425 g/mol. The number of carbonyl (C=O) groups is 3. The van der Waals surface area contributed by atoms with Gasteiger partial charge in [0.15, 0.2) is 17.5 Å². The highest BCUT2D eigenvalue weighted by Crippen LogP contribution is 2.24. The van der Waals surface area contributed by atoms with Crippen molar-refractivity contribution in [2.75, 3.05) is 18.4 Å². The van der Waals surface area contributed by atoms with Crippen LogP contribution in [0.5, 0.6) is 0 Å². The fraction of sp³-hybridized carbons (Fsp3) is 0.316. The number of carbonyl (C=O) groups excluding carboxylic acids is 3. The molecular weight excluding hydrogens is 407 g/mol. The molecule has 2 aromatic rings. The predicted molar refractivity (Wildman–Crippen MR) is 101 cm³/mol. The number of amides is 3. The van der Waals surface area contributed by atoms with Crippen LogP contribution in [0.4, 0.5) is 18.9 Å². The molecule has 0 fully saturated rings. The molecule has 2 heterocycles. The van der Waals surface area contributed by atoms with E-state index < -0.39 is 41.5 Å². The molecule has 1 aromatic heterocycles. The maximum Gasteiger partial charge on any atom is 0.243 e. The van der Waals surface area contributed by atoms with Crippen molar-refractivity contribution in [2.45, 2.75) is 25.8 Å². The maximum atomic E-state index is 13.5. The summed E-state index contributed by atoms with van der Waals surface area (Å²) in [4.78, 5) is 38.9. The number of benzene rings is 1. The summed E-state index contributed by atoms with van der Waals surface area (Å²) in [6.07, 6.45) is 0.703. The normalized spacial score (nSPS) is 13.0. The summed E-state index contributed by atoms with van der Waals surface area (Å²) in [7, 11) is 0. The van der Waals surface area contributed by atoms with E-state index in [1.807, 2.05) is 16.8 Å². The highest BCUT2D eigenvalue weighted by Gasteiger charge is 2.22. The van der Waals surface area contributed by atoms with E-state index in [2.05, 4.69) is 5.32 Å². The fourth-order valence-electron chi connectivity index (χ4n) is 2.92. The molecule has 6 nitrogen and oxygen atoms in total. The first-order chi connectivity index (χ1) is 13.8. The Morgan fingerprint density at radius 1 is 1.03 bits per heavy atom. The van der Waals surface area contributed by atoms with Crippen LogP contribution in [0, 0.1) is 17.5 Å². The van der Waals surface area contributed by atoms with Crippen LogP contribution in [0.1, 0.15) is 23.3 Å². The van der Waals surface area contributed by atoms with Crippen molar-refractivity contribution in [1.82, 2.24) is 10.2 Å². The molecule has 0 saturated carbocycles. The van der Waals surface area contributed by atoms with Crippen LogP contribution in [0.3, 0.4) is 0 Å². The number of hydrogen-bond donors (Lipinski definition) is 2. The second kappa shape index (κ2) is 9.08. The summed E-state index contributed by atoms with van der Waals surface area (Å²) in [6, 6.07) is 3.54. The zero-order valence-corrected chi connectivity index (χ0v) is 16.1. The zero-order valence-electron chi connectivity index (χ0n) is 15.3. The largest absolute Gasteiger partial charge is 0.347 e. The van der Waals surface area contributed by atoms with Gasteiger partial charge in [-0.15, -0.1) is 11.3 Å². The van der Waals surface area contributed by atoms with Crippen molar-refractivity contribution in [3.8, 4) is 0 Å². The number of anilines is 1. The SMILES string of the molecule is O=C(CCC(=O)N1CCc2sccc2C1)NCC(=O)Nc1ccc(F)c(F)c1F. The van der Waals surface area contributed by atoms with Gasteiger partial charge >= 0.3 is 0 Å². The molecule has 3 amide bonds. The summed E-state index contributed by atoms with van der Waals surface area (Å²) >= 11 is 1.67. The Hall–Kier alpha value is -2.88. The number of hydrogen-bond acceptors (Lipinski definition) is 4. The number of nitrogens with zero attached hydrogens (tertiary/aromatic N) is 1. The summed E-state index contributed by atoms with van der Waals surface area (Å²) in [5.41, 5.74) is 0.594. The van der Waals surface area contributed by atoms with E-state index in [4.69, 9.17) is 0 Å². The second-order valence-electron chi connectivity index (χ2n) is 6.48. The minimum Gasteiger partial charge on any atom is -0.347 e. The van der Waals surface area contributed by atoms with Crippen LogP contribution in [-0.2, 0) is 27.3 Å². The second-order valence-corrected chi connectivity index (χ2v) is 7.48. The van der Waals surface area contributed by atoms with Crippen LogP contribution in [0.25, 0.3) is 0 Å². The highest BCUT2D eigenvalue weighted by molar-refractivity contribution is 7.10. The third-order valence-electron chi connectivity index (χ3n) is 4.48. The average molecular weight is 425 g/mol. The molecule has 0 saturated heterocycles. The molecule has 1 aliphatic heterocycles. The number of halogens is 3. The van der Waals surface area contributed by atoms with E-state index in [0.29, 0.717) is 19.2 Å². The maximum absolute atomic E-state index is 13.5. The lowest BCUT2D eigenvalue weighted by Gasteiger charge is -2.27. The Kier molecular flexibility index (Phi) is 6.53. The Balaban J connectivity index is 1.40. The van der Waals surface area contributed by atoms with Crippen molar-refractivity contribution >= 4 is 34.7 Å². The summed E-state index contributed by atoms with van der Waals surface area (Å²) in [6.45, 7) is 0.644. The van der Waals surface area contributed by atoms with Crippen LogP contribution in [0.2, 0.25) is 0 Å². The minimum absolute atomic E-state index is 0.00469. The van der Waals surface area contributed by atoms with Crippen molar-refractivity contribution in [1.29, 1.82) is 0 Å². The van der Waals surface area contributed by atoms with Crippen molar-refractivity contribution in [2.24, 2.45) is 0 Å². The Morgan fingerprint density at radius 2 is 1.83 bits per heavy atom. The number of rotatable bonds is 6. The van der Waals surface area contributed by atoms with E-state index in [1.165, 1.54) is 4.88 Å². The highest BCUT2D eigenvalue weighted by atomic mass is 32.1. The van der Waals surface area contributed by atoms with E-state index in [9.17, 15) is 27.6 Å². The van der Waals surface area contributed by atoms with Crippen LogP contribution in [-0.4, -0.2) is 35.7 Å². The first kappa shape index (κ1) is 20.8. The summed E-state index contributed by atoms with van der Waals surface area (Å²) in [5, 5.41) is 6.34. The molecule has 3 rings (SSSR count). The van der Waals surface area contributed by atoms with Gasteiger partial charge in [-0.05, 0) is 35.6 Å². The molecule has 2 N–H and O–H groups in total. The molecule has 0 spiro atoms. The molecule has 0 atom stereocenters. The van der Waals surface area contributed by atoms with Crippen LogP contribution < -0.4 is 10.6 Å². The van der Waals surface area contributed by atoms with Gasteiger partial charge in [0.2, 0.25) is 17.7 Å². The van der Waals surface area contributed by atoms with Gasteiger partial charge in [-0.2, -0.15) is 0 Å². The molecule has 10 heteroatoms. The molecule has 0 radical (unpaired) electrons. The number of thiophene rings is 1. The number of fused-ring (bicyclic) bond motifs is 1. The lowest BCUT2D eigenvalue weighted by Crippen LogP contribution is -2.37. The predicted octanol–water partition coefficient (Wildman–Crippen LogP) is 2.59. The van der Waals surface area contributed by atoms with Crippen LogP contribution >= 0.6 is 11.3 Å². The molecule has 1 aromatic carbocycles. The minimum atomic E-state index is -1.70. The molecule has 154 valence electrons. The van der Waals surface area contributed by atoms with Gasteiger partial charge in [0, 0.05) is 30.8 Å². The topological polar surface area (TPSA) is 78.5 Å². The van der Waals surface area contributed by atoms with Gasteiger partial charge in [-0.25, -0.2) is 13.2 Å². The zero-order chi connectivity index (χ0) is 21.0. The molecular formula is C19H18F3N3O3S. The van der Waals surface area contributed by atoms with Crippen LogP contribution in [0.15, 0.2) is 23.6 Å². The van der Waals surface area contributed by atoms with Gasteiger partial charge in [0.1, 0.15) is 0 Å². The molecule has 1 aliphatic rings. The van der Waals surface area contributed by atoms with Gasteiger partial charge in [0.05, 0.1) is 12.2 Å². The Morgan fingerprint density at radius 3 is 2.62 bits per heavy atom. The van der Waals surface area contributed by atoms with E-state index in [0.717, 1.165) is 18.1 Å².